The lowest BCUT2D eigenvalue weighted by molar-refractivity contribution is 1.50. The van der Waals surface area contributed by atoms with Crippen molar-refractivity contribution in [2.75, 3.05) is 0 Å². The van der Waals surface area contributed by atoms with E-state index in [9.17, 15) is 0 Å². The summed E-state index contributed by atoms with van der Waals surface area (Å²) in [5, 5.41) is 4.35. The van der Waals surface area contributed by atoms with Gasteiger partial charge in [0.1, 0.15) is 0 Å². The molecule has 0 spiro atoms. The Labute approximate surface area is 80.8 Å². The molecule has 0 aliphatic heterocycles. The highest BCUT2D eigenvalue weighted by Gasteiger charge is 2.05. The van der Waals surface area contributed by atoms with E-state index in [2.05, 4.69) is 25.3 Å². The zero-order valence-corrected chi connectivity index (χ0v) is 8.59. The summed E-state index contributed by atoms with van der Waals surface area (Å²) >= 11 is 7.78. The molecule has 2 heteroatoms. The summed E-state index contributed by atoms with van der Waals surface area (Å²) in [6, 6.07) is 4.04. The molecule has 0 unspecified atom stereocenters. The van der Waals surface area contributed by atoms with Crippen LogP contribution in [0.2, 0.25) is 5.02 Å². The van der Waals surface area contributed by atoms with Crippen LogP contribution < -0.4 is 0 Å². The van der Waals surface area contributed by atoms with Gasteiger partial charge in [0.05, 0.1) is 9.72 Å². The summed E-state index contributed by atoms with van der Waals surface area (Å²) in [5.41, 5.74) is 2.64. The van der Waals surface area contributed by atoms with Crippen LogP contribution in [-0.2, 0) is 0 Å². The van der Waals surface area contributed by atoms with Crippen LogP contribution in [0.3, 0.4) is 0 Å². The molecule has 12 heavy (non-hydrogen) atoms. The number of rotatable bonds is 0. The maximum absolute atomic E-state index is 6.05. The number of fused-ring (bicyclic) bond motifs is 1. The molecule has 2 rings (SSSR count). The Morgan fingerprint density at radius 3 is 2.58 bits per heavy atom. The van der Waals surface area contributed by atoms with Gasteiger partial charge >= 0.3 is 0 Å². The van der Waals surface area contributed by atoms with Gasteiger partial charge in [0, 0.05) is 0 Å². The summed E-state index contributed by atoms with van der Waals surface area (Å²) < 4.78 is 1.22. The molecular formula is C10H9ClS. The average molecular weight is 197 g/mol. The van der Waals surface area contributed by atoms with E-state index in [-0.39, 0.29) is 0 Å². The van der Waals surface area contributed by atoms with Crippen LogP contribution in [0.15, 0.2) is 17.5 Å². The van der Waals surface area contributed by atoms with Gasteiger partial charge in [-0.15, -0.1) is 11.3 Å². The molecule has 0 nitrogen and oxygen atoms in total. The first kappa shape index (κ1) is 8.09. The average Bonchev–Trinajstić information content (AvgIpc) is 2.42. The lowest BCUT2D eigenvalue weighted by atomic mass is 10.1. The SMILES string of the molecule is Cc1ccc(Cl)c2scc(C)c12. The van der Waals surface area contributed by atoms with Gasteiger partial charge in [0.2, 0.25) is 0 Å². The third-order valence-corrected chi connectivity index (χ3v) is 3.62. The highest BCUT2D eigenvalue weighted by Crippen LogP contribution is 2.33. The topological polar surface area (TPSA) is 0 Å². The lowest BCUT2D eigenvalue weighted by Gasteiger charge is -1.98. The van der Waals surface area contributed by atoms with Gasteiger partial charge in [-0.05, 0) is 41.8 Å². The quantitative estimate of drug-likeness (QED) is 0.593. The van der Waals surface area contributed by atoms with Crippen LogP contribution in [0.25, 0.3) is 10.1 Å². The Morgan fingerprint density at radius 1 is 1.17 bits per heavy atom. The number of halogens is 1. The molecule has 1 aromatic carbocycles. The molecule has 1 heterocycles. The number of thiophene rings is 1. The first-order valence-electron chi connectivity index (χ1n) is 3.83. The smallest absolute Gasteiger partial charge is 0.0584 e. The minimum atomic E-state index is 0.869. The van der Waals surface area contributed by atoms with Crippen LogP contribution in [0.1, 0.15) is 11.1 Å². The second kappa shape index (κ2) is 2.75. The van der Waals surface area contributed by atoms with Crippen LogP contribution >= 0.6 is 22.9 Å². The molecule has 0 aliphatic rings. The van der Waals surface area contributed by atoms with Gasteiger partial charge in [-0.3, -0.25) is 0 Å². The highest BCUT2D eigenvalue weighted by atomic mass is 35.5. The van der Waals surface area contributed by atoms with E-state index in [4.69, 9.17) is 11.6 Å². The van der Waals surface area contributed by atoms with E-state index < -0.39 is 0 Å². The summed E-state index contributed by atoms with van der Waals surface area (Å²) in [5.74, 6) is 0. The van der Waals surface area contributed by atoms with Crippen molar-refractivity contribution in [1.29, 1.82) is 0 Å². The third-order valence-electron chi connectivity index (χ3n) is 2.07. The fourth-order valence-electron chi connectivity index (χ4n) is 1.47. The third kappa shape index (κ3) is 1.05. The molecule has 0 N–H and O–H groups in total. The van der Waals surface area contributed by atoms with E-state index in [0.29, 0.717) is 0 Å². The molecule has 0 saturated carbocycles. The zero-order chi connectivity index (χ0) is 8.72. The summed E-state index contributed by atoms with van der Waals surface area (Å²) in [7, 11) is 0. The summed E-state index contributed by atoms with van der Waals surface area (Å²) in [6.07, 6.45) is 0. The van der Waals surface area contributed by atoms with Gasteiger partial charge in [0.15, 0.2) is 0 Å². The summed E-state index contributed by atoms with van der Waals surface area (Å²) in [4.78, 5) is 0. The van der Waals surface area contributed by atoms with Crippen LogP contribution in [0.5, 0.6) is 0 Å². The van der Waals surface area contributed by atoms with Crippen molar-refractivity contribution in [1.82, 2.24) is 0 Å². The number of aryl methyl sites for hydroxylation is 2. The maximum Gasteiger partial charge on any atom is 0.0584 e. The van der Waals surface area contributed by atoms with E-state index >= 15 is 0 Å². The molecule has 0 radical (unpaired) electrons. The maximum atomic E-state index is 6.05. The Morgan fingerprint density at radius 2 is 1.92 bits per heavy atom. The van der Waals surface area contributed by atoms with Gasteiger partial charge < -0.3 is 0 Å². The van der Waals surface area contributed by atoms with Crippen molar-refractivity contribution in [3.63, 3.8) is 0 Å². The largest absolute Gasteiger partial charge is 0.142 e. The van der Waals surface area contributed by atoms with E-state index in [1.807, 2.05) is 6.07 Å². The van der Waals surface area contributed by atoms with Crippen molar-refractivity contribution in [3.8, 4) is 0 Å². The van der Waals surface area contributed by atoms with Crippen molar-refractivity contribution in [3.05, 3.63) is 33.7 Å². The summed E-state index contributed by atoms with van der Waals surface area (Å²) in [6.45, 7) is 4.25. The van der Waals surface area contributed by atoms with Gasteiger partial charge in [-0.25, -0.2) is 0 Å². The fourth-order valence-corrected chi connectivity index (χ4v) is 2.79. The van der Waals surface area contributed by atoms with Crippen molar-refractivity contribution >= 4 is 33.0 Å². The molecule has 0 aliphatic carbocycles. The highest BCUT2D eigenvalue weighted by molar-refractivity contribution is 7.18. The van der Waals surface area contributed by atoms with E-state index in [1.54, 1.807) is 11.3 Å². The second-order valence-electron chi connectivity index (χ2n) is 2.99. The molecule has 0 fully saturated rings. The molecule has 0 amide bonds. The second-order valence-corrected chi connectivity index (χ2v) is 4.27. The minimum Gasteiger partial charge on any atom is -0.142 e. The lowest BCUT2D eigenvalue weighted by Crippen LogP contribution is -1.75. The van der Waals surface area contributed by atoms with Gasteiger partial charge in [0.25, 0.3) is 0 Å². The molecule has 0 atom stereocenters. The molecule has 0 bridgehead atoms. The number of hydrogen-bond acceptors (Lipinski definition) is 1. The Hall–Kier alpha value is -0.530. The first-order chi connectivity index (χ1) is 5.70. The Kier molecular flexibility index (Phi) is 1.85. The minimum absolute atomic E-state index is 0.869. The van der Waals surface area contributed by atoms with Crippen LogP contribution in [-0.4, -0.2) is 0 Å². The number of hydrogen-bond donors (Lipinski definition) is 0. The van der Waals surface area contributed by atoms with Crippen molar-refractivity contribution in [2.45, 2.75) is 13.8 Å². The molecular weight excluding hydrogens is 188 g/mol. The normalized spacial score (nSPS) is 10.9. The van der Waals surface area contributed by atoms with Crippen LogP contribution in [0, 0.1) is 13.8 Å². The van der Waals surface area contributed by atoms with Crippen molar-refractivity contribution < 1.29 is 0 Å². The van der Waals surface area contributed by atoms with Crippen molar-refractivity contribution in [2.24, 2.45) is 0 Å². The van der Waals surface area contributed by atoms with Gasteiger partial charge in [-0.1, -0.05) is 17.7 Å². The molecule has 2 aromatic rings. The predicted octanol–water partition coefficient (Wildman–Crippen LogP) is 4.17. The standard InChI is InChI=1S/C10H9ClS/c1-6-3-4-8(11)10-9(6)7(2)5-12-10/h3-5H,1-2H3. The Bertz CT molecular complexity index is 429. The Balaban J connectivity index is 2.98. The molecule has 1 aromatic heterocycles. The monoisotopic (exact) mass is 196 g/mol. The van der Waals surface area contributed by atoms with E-state index in [0.717, 1.165) is 5.02 Å². The first-order valence-corrected chi connectivity index (χ1v) is 5.09. The molecule has 0 saturated heterocycles. The zero-order valence-electron chi connectivity index (χ0n) is 7.02. The van der Waals surface area contributed by atoms with Crippen LogP contribution in [0.4, 0.5) is 0 Å². The molecule has 62 valence electrons. The fraction of sp³-hybridized carbons (Fsp3) is 0.200. The van der Waals surface area contributed by atoms with E-state index in [1.165, 1.54) is 21.2 Å². The number of benzene rings is 1. The van der Waals surface area contributed by atoms with Gasteiger partial charge in [-0.2, -0.15) is 0 Å². The predicted molar refractivity (Wildman–Crippen MR) is 56.3 cm³/mol.